The maximum absolute atomic E-state index is 12.6. The van der Waals surface area contributed by atoms with Crippen LogP contribution in [0.25, 0.3) is 0 Å². The number of benzene rings is 2. The van der Waals surface area contributed by atoms with Crippen molar-refractivity contribution in [2.24, 2.45) is 0 Å². The van der Waals surface area contributed by atoms with Crippen LogP contribution in [0.5, 0.6) is 5.75 Å². The first kappa shape index (κ1) is 15.3. The molecule has 2 aromatic carbocycles. The second-order valence-corrected chi connectivity index (χ2v) is 5.05. The summed E-state index contributed by atoms with van der Waals surface area (Å²) in [4.78, 5) is 24.1. The van der Waals surface area contributed by atoms with E-state index in [1.807, 2.05) is 13.0 Å². The van der Waals surface area contributed by atoms with Crippen LogP contribution >= 0.6 is 11.6 Å². The summed E-state index contributed by atoms with van der Waals surface area (Å²) in [6.45, 7) is 3.52. The number of aryl methyl sites for hydroxylation is 1. The van der Waals surface area contributed by atoms with E-state index in [1.54, 1.807) is 43.3 Å². The molecule has 0 spiro atoms. The second-order valence-electron chi connectivity index (χ2n) is 4.61. The molecule has 0 amide bonds. The summed E-state index contributed by atoms with van der Waals surface area (Å²) in [5.74, 6) is -0.267. The molecular formula is C17H15ClO3. The van der Waals surface area contributed by atoms with Crippen molar-refractivity contribution in [3.63, 3.8) is 0 Å². The molecule has 2 aromatic rings. The van der Waals surface area contributed by atoms with Crippen molar-refractivity contribution in [1.82, 2.24) is 0 Å². The van der Waals surface area contributed by atoms with Crippen LogP contribution in [-0.2, 0) is 4.79 Å². The number of carbonyl (C=O) groups is 2. The highest BCUT2D eigenvalue weighted by Crippen LogP contribution is 2.26. The highest BCUT2D eigenvalue weighted by Gasteiger charge is 2.18. The largest absolute Gasteiger partial charge is 0.426 e. The van der Waals surface area contributed by atoms with Crippen molar-refractivity contribution < 1.29 is 14.3 Å². The third kappa shape index (κ3) is 3.50. The minimum atomic E-state index is -0.370. The minimum absolute atomic E-state index is 0.191. The van der Waals surface area contributed by atoms with Gasteiger partial charge in [0.2, 0.25) is 0 Å². The van der Waals surface area contributed by atoms with E-state index in [9.17, 15) is 9.59 Å². The molecule has 0 saturated carbocycles. The SMILES string of the molecule is CCC(=O)Oc1cccc(C)c1C(=O)c1ccc(Cl)cc1. The zero-order chi connectivity index (χ0) is 15.4. The normalized spacial score (nSPS) is 10.2. The van der Waals surface area contributed by atoms with Crippen molar-refractivity contribution in [3.05, 3.63) is 64.2 Å². The number of halogens is 1. The molecule has 0 aliphatic heterocycles. The average Bonchev–Trinajstić information content (AvgIpc) is 2.47. The Labute approximate surface area is 128 Å². The molecule has 0 radical (unpaired) electrons. The topological polar surface area (TPSA) is 43.4 Å². The Balaban J connectivity index is 2.44. The van der Waals surface area contributed by atoms with Gasteiger partial charge in [0.15, 0.2) is 5.78 Å². The Morgan fingerprint density at radius 1 is 1.10 bits per heavy atom. The number of esters is 1. The van der Waals surface area contributed by atoms with Gasteiger partial charge in [-0.2, -0.15) is 0 Å². The van der Waals surface area contributed by atoms with Gasteiger partial charge < -0.3 is 4.74 Å². The molecule has 21 heavy (non-hydrogen) atoms. The monoisotopic (exact) mass is 302 g/mol. The lowest BCUT2D eigenvalue weighted by molar-refractivity contribution is -0.134. The van der Waals surface area contributed by atoms with Crippen LogP contribution in [0, 0.1) is 6.92 Å². The van der Waals surface area contributed by atoms with Gasteiger partial charge in [0.1, 0.15) is 5.75 Å². The van der Waals surface area contributed by atoms with Crippen LogP contribution < -0.4 is 4.74 Å². The van der Waals surface area contributed by atoms with Crippen LogP contribution in [0.15, 0.2) is 42.5 Å². The number of hydrogen-bond donors (Lipinski definition) is 0. The van der Waals surface area contributed by atoms with Crippen LogP contribution in [0.2, 0.25) is 5.02 Å². The molecule has 0 heterocycles. The molecule has 0 aliphatic rings. The van der Waals surface area contributed by atoms with Crippen molar-refractivity contribution >= 4 is 23.4 Å². The third-order valence-electron chi connectivity index (χ3n) is 3.08. The van der Waals surface area contributed by atoms with Gasteiger partial charge in [0, 0.05) is 17.0 Å². The fourth-order valence-electron chi connectivity index (χ4n) is 1.96. The fraction of sp³-hybridized carbons (Fsp3) is 0.176. The van der Waals surface area contributed by atoms with Crippen molar-refractivity contribution in [2.45, 2.75) is 20.3 Å². The van der Waals surface area contributed by atoms with Crippen LogP contribution in [0.1, 0.15) is 34.8 Å². The van der Waals surface area contributed by atoms with E-state index in [4.69, 9.17) is 16.3 Å². The zero-order valence-electron chi connectivity index (χ0n) is 11.9. The Morgan fingerprint density at radius 3 is 2.38 bits per heavy atom. The van der Waals surface area contributed by atoms with Crippen LogP contribution in [0.3, 0.4) is 0 Å². The van der Waals surface area contributed by atoms with Gasteiger partial charge >= 0.3 is 5.97 Å². The van der Waals surface area contributed by atoms with Crippen molar-refractivity contribution in [1.29, 1.82) is 0 Å². The summed E-state index contributed by atoms with van der Waals surface area (Å²) >= 11 is 5.83. The molecule has 4 heteroatoms. The quantitative estimate of drug-likeness (QED) is 0.483. The first-order valence-electron chi connectivity index (χ1n) is 6.63. The molecule has 0 fully saturated rings. The highest BCUT2D eigenvalue weighted by molar-refractivity contribution is 6.30. The Hall–Kier alpha value is -2.13. The van der Waals surface area contributed by atoms with Crippen molar-refractivity contribution in [2.75, 3.05) is 0 Å². The predicted octanol–water partition coefficient (Wildman–Crippen LogP) is 4.19. The van der Waals surface area contributed by atoms with E-state index < -0.39 is 0 Å². The van der Waals surface area contributed by atoms with E-state index in [0.29, 0.717) is 21.9 Å². The molecule has 0 aromatic heterocycles. The molecule has 0 unspecified atom stereocenters. The number of rotatable bonds is 4. The number of ketones is 1. The van der Waals surface area contributed by atoms with Crippen LogP contribution in [0.4, 0.5) is 0 Å². The van der Waals surface area contributed by atoms with Crippen LogP contribution in [-0.4, -0.2) is 11.8 Å². The summed E-state index contributed by atoms with van der Waals surface area (Å²) in [6, 6.07) is 11.8. The summed E-state index contributed by atoms with van der Waals surface area (Å²) in [6.07, 6.45) is 0.252. The first-order chi connectivity index (χ1) is 10.0. The van der Waals surface area contributed by atoms with Gasteiger partial charge in [-0.05, 0) is 42.8 Å². The smallest absolute Gasteiger partial charge is 0.310 e. The first-order valence-corrected chi connectivity index (χ1v) is 7.01. The lowest BCUT2D eigenvalue weighted by Gasteiger charge is -2.11. The lowest BCUT2D eigenvalue weighted by atomic mass is 9.98. The van der Waals surface area contributed by atoms with Gasteiger partial charge in [0.05, 0.1) is 5.56 Å². The molecular weight excluding hydrogens is 288 g/mol. The van der Waals surface area contributed by atoms with Gasteiger partial charge in [-0.15, -0.1) is 0 Å². The standard InChI is InChI=1S/C17H15ClO3/c1-3-15(19)21-14-6-4-5-11(2)16(14)17(20)12-7-9-13(18)10-8-12/h4-10H,3H2,1-2H3. The number of hydrogen-bond acceptors (Lipinski definition) is 3. The zero-order valence-corrected chi connectivity index (χ0v) is 12.6. The summed E-state index contributed by atoms with van der Waals surface area (Å²) in [7, 11) is 0. The minimum Gasteiger partial charge on any atom is -0.426 e. The summed E-state index contributed by atoms with van der Waals surface area (Å²) in [5, 5.41) is 0.564. The molecule has 0 saturated heterocycles. The van der Waals surface area contributed by atoms with Gasteiger partial charge in [-0.1, -0.05) is 30.7 Å². The summed E-state index contributed by atoms with van der Waals surface area (Å²) in [5.41, 5.74) is 1.67. The number of ether oxygens (including phenoxy) is 1. The highest BCUT2D eigenvalue weighted by atomic mass is 35.5. The predicted molar refractivity (Wildman–Crippen MR) is 82.0 cm³/mol. The van der Waals surface area contributed by atoms with E-state index in [0.717, 1.165) is 5.56 Å². The molecule has 0 bridgehead atoms. The fourth-order valence-corrected chi connectivity index (χ4v) is 2.08. The second kappa shape index (κ2) is 6.55. The Morgan fingerprint density at radius 2 is 1.76 bits per heavy atom. The lowest BCUT2D eigenvalue weighted by Crippen LogP contribution is -2.12. The molecule has 2 rings (SSSR count). The Bertz CT molecular complexity index is 675. The molecule has 0 aliphatic carbocycles. The van der Waals surface area contributed by atoms with Gasteiger partial charge in [0.25, 0.3) is 0 Å². The van der Waals surface area contributed by atoms with E-state index in [2.05, 4.69) is 0 Å². The molecule has 0 N–H and O–H groups in total. The third-order valence-corrected chi connectivity index (χ3v) is 3.33. The maximum atomic E-state index is 12.6. The van der Waals surface area contributed by atoms with Crippen molar-refractivity contribution in [3.8, 4) is 5.75 Å². The molecule has 108 valence electrons. The molecule has 3 nitrogen and oxygen atoms in total. The van der Waals surface area contributed by atoms with E-state index >= 15 is 0 Å². The Kier molecular flexibility index (Phi) is 4.76. The maximum Gasteiger partial charge on any atom is 0.310 e. The average molecular weight is 303 g/mol. The summed E-state index contributed by atoms with van der Waals surface area (Å²) < 4.78 is 5.26. The number of carbonyl (C=O) groups excluding carboxylic acids is 2. The van der Waals surface area contributed by atoms with E-state index in [1.165, 1.54) is 0 Å². The van der Waals surface area contributed by atoms with Gasteiger partial charge in [-0.3, -0.25) is 9.59 Å². The van der Waals surface area contributed by atoms with Gasteiger partial charge in [-0.25, -0.2) is 0 Å². The molecule has 0 atom stereocenters. The van der Waals surface area contributed by atoms with E-state index in [-0.39, 0.29) is 18.2 Å².